The van der Waals surface area contributed by atoms with Gasteiger partial charge in [0.1, 0.15) is 4.99 Å². The third-order valence-electron chi connectivity index (χ3n) is 1.56. The third kappa shape index (κ3) is 2.08. The van der Waals surface area contributed by atoms with Crippen LogP contribution in [0.5, 0.6) is 0 Å². The second-order valence-corrected chi connectivity index (χ2v) is 3.09. The minimum atomic E-state index is -0.504. The van der Waals surface area contributed by atoms with Gasteiger partial charge in [0.15, 0.2) is 5.69 Å². The highest BCUT2D eigenvalue weighted by Gasteiger charge is 2.18. The minimum absolute atomic E-state index is 0.140. The van der Waals surface area contributed by atoms with Crippen molar-refractivity contribution in [1.82, 2.24) is 9.78 Å². The summed E-state index contributed by atoms with van der Waals surface area (Å²) >= 11 is 4.78. The van der Waals surface area contributed by atoms with E-state index in [1.807, 2.05) is 0 Å². The molecule has 0 spiro atoms. The summed E-state index contributed by atoms with van der Waals surface area (Å²) in [6, 6.07) is 0. The van der Waals surface area contributed by atoms with Crippen molar-refractivity contribution in [3.8, 4) is 0 Å². The summed E-state index contributed by atoms with van der Waals surface area (Å²) < 4.78 is 6.28. The summed E-state index contributed by atoms with van der Waals surface area (Å²) in [5, 5.41) is 3.93. The number of nitrogens with zero attached hydrogens (tertiary/aromatic N) is 2. The monoisotopic (exact) mass is 213 g/mol. The van der Waals surface area contributed by atoms with Gasteiger partial charge in [-0.2, -0.15) is 5.10 Å². The van der Waals surface area contributed by atoms with E-state index in [1.165, 1.54) is 4.68 Å². The Morgan fingerprint density at radius 2 is 2.43 bits per heavy atom. The second kappa shape index (κ2) is 4.19. The lowest BCUT2D eigenvalue weighted by Crippen LogP contribution is -2.15. The molecule has 0 aliphatic heterocycles. The van der Waals surface area contributed by atoms with Crippen LogP contribution in [0.1, 0.15) is 23.0 Å². The van der Waals surface area contributed by atoms with E-state index in [-0.39, 0.29) is 10.7 Å². The molecule has 0 atom stereocenters. The van der Waals surface area contributed by atoms with Crippen LogP contribution < -0.4 is 5.73 Å². The molecule has 14 heavy (non-hydrogen) atoms. The first kappa shape index (κ1) is 10.6. The number of carbonyl (C=O) groups is 1. The van der Waals surface area contributed by atoms with Crippen molar-refractivity contribution >= 4 is 23.2 Å². The first-order valence-corrected chi connectivity index (χ1v) is 4.47. The van der Waals surface area contributed by atoms with Crippen molar-refractivity contribution in [2.75, 3.05) is 6.61 Å². The lowest BCUT2D eigenvalue weighted by atomic mass is 10.2. The Morgan fingerprint density at radius 1 is 1.79 bits per heavy atom. The largest absolute Gasteiger partial charge is 0.461 e. The summed E-state index contributed by atoms with van der Waals surface area (Å²) in [5.41, 5.74) is 6.05. The number of aryl methyl sites for hydroxylation is 1. The minimum Gasteiger partial charge on any atom is -0.461 e. The standard InChI is InChI=1S/C8H11N3O2S/c1-3-13-8(12)6-5(7(9)14)4-11(2)10-6/h4H,3H2,1-2H3,(H2,9,14). The lowest BCUT2D eigenvalue weighted by Gasteiger charge is -1.99. The van der Waals surface area contributed by atoms with Crippen LogP contribution in [0.2, 0.25) is 0 Å². The van der Waals surface area contributed by atoms with E-state index in [1.54, 1.807) is 20.2 Å². The summed E-state index contributed by atoms with van der Waals surface area (Å²) in [4.78, 5) is 11.5. The molecule has 6 heteroatoms. The van der Waals surface area contributed by atoms with Gasteiger partial charge >= 0.3 is 5.97 Å². The predicted molar refractivity (Wildman–Crippen MR) is 55.1 cm³/mol. The Kier molecular flexibility index (Phi) is 3.19. The summed E-state index contributed by atoms with van der Waals surface area (Å²) in [6.45, 7) is 2.02. The van der Waals surface area contributed by atoms with Crippen LogP contribution in [0, 0.1) is 0 Å². The van der Waals surface area contributed by atoms with Crippen LogP contribution in [0.4, 0.5) is 0 Å². The molecule has 1 aromatic heterocycles. The van der Waals surface area contributed by atoms with Crippen molar-refractivity contribution in [3.63, 3.8) is 0 Å². The van der Waals surface area contributed by atoms with Crippen LogP contribution in [-0.4, -0.2) is 27.3 Å². The molecule has 0 aromatic carbocycles. The molecule has 0 saturated heterocycles. The Bertz CT molecular complexity index is 373. The van der Waals surface area contributed by atoms with E-state index in [2.05, 4.69) is 5.10 Å². The van der Waals surface area contributed by atoms with E-state index < -0.39 is 5.97 Å². The van der Waals surface area contributed by atoms with Gasteiger partial charge in [0.2, 0.25) is 0 Å². The van der Waals surface area contributed by atoms with Gasteiger partial charge in [-0.15, -0.1) is 0 Å². The Hall–Kier alpha value is -1.43. The molecule has 0 saturated carbocycles. The SMILES string of the molecule is CCOC(=O)c1nn(C)cc1C(N)=S. The number of ether oxygens (including phenoxy) is 1. The van der Waals surface area contributed by atoms with Gasteiger partial charge in [-0.05, 0) is 6.92 Å². The highest BCUT2D eigenvalue weighted by Crippen LogP contribution is 2.07. The molecule has 1 heterocycles. The van der Waals surface area contributed by atoms with Gasteiger partial charge in [-0.1, -0.05) is 12.2 Å². The number of carbonyl (C=O) groups excluding carboxylic acids is 1. The molecule has 0 aliphatic carbocycles. The molecule has 5 nitrogen and oxygen atoms in total. The average Bonchev–Trinajstić information content (AvgIpc) is 2.48. The fraction of sp³-hybridized carbons (Fsp3) is 0.375. The molecular weight excluding hydrogens is 202 g/mol. The first-order valence-electron chi connectivity index (χ1n) is 4.06. The normalized spacial score (nSPS) is 9.86. The van der Waals surface area contributed by atoms with Crippen LogP contribution in [0.15, 0.2) is 6.20 Å². The molecule has 76 valence electrons. The molecule has 0 amide bonds. The van der Waals surface area contributed by atoms with Gasteiger partial charge in [0.05, 0.1) is 12.2 Å². The fourth-order valence-corrected chi connectivity index (χ4v) is 1.17. The fourth-order valence-electron chi connectivity index (χ4n) is 1.02. The van der Waals surface area contributed by atoms with Crippen molar-refractivity contribution in [2.24, 2.45) is 12.8 Å². The maximum atomic E-state index is 11.4. The quantitative estimate of drug-likeness (QED) is 0.575. The number of aromatic nitrogens is 2. The lowest BCUT2D eigenvalue weighted by molar-refractivity contribution is 0.0518. The van der Waals surface area contributed by atoms with E-state index in [9.17, 15) is 4.79 Å². The van der Waals surface area contributed by atoms with E-state index in [0.29, 0.717) is 12.2 Å². The molecule has 0 aliphatic rings. The molecule has 0 bridgehead atoms. The van der Waals surface area contributed by atoms with Crippen LogP contribution >= 0.6 is 12.2 Å². The molecule has 0 fully saturated rings. The van der Waals surface area contributed by atoms with Gasteiger partial charge in [0.25, 0.3) is 0 Å². The highest BCUT2D eigenvalue weighted by molar-refractivity contribution is 7.80. The van der Waals surface area contributed by atoms with Crippen LogP contribution in [-0.2, 0) is 11.8 Å². The maximum absolute atomic E-state index is 11.4. The van der Waals surface area contributed by atoms with Gasteiger partial charge in [-0.25, -0.2) is 4.79 Å². The van der Waals surface area contributed by atoms with Crippen LogP contribution in [0.3, 0.4) is 0 Å². The molecule has 1 aromatic rings. The Morgan fingerprint density at radius 3 is 2.93 bits per heavy atom. The maximum Gasteiger partial charge on any atom is 0.359 e. The Balaban J connectivity index is 3.06. The number of rotatable bonds is 3. The highest BCUT2D eigenvalue weighted by atomic mass is 32.1. The number of thiocarbonyl (C=S) groups is 1. The van der Waals surface area contributed by atoms with Crippen molar-refractivity contribution in [1.29, 1.82) is 0 Å². The van der Waals surface area contributed by atoms with Crippen molar-refractivity contribution < 1.29 is 9.53 Å². The zero-order valence-corrected chi connectivity index (χ0v) is 8.80. The molecule has 0 radical (unpaired) electrons. The topological polar surface area (TPSA) is 70.1 Å². The molecular formula is C8H11N3O2S. The first-order chi connectivity index (χ1) is 6.56. The van der Waals surface area contributed by atoms with E-state index >= 15 is 0 Å². The average molecular weight is 213 g/mol. The molecule has 2 N–H and O–H groups in total. The molecule has 0 unspecified atom stereocenters. The smallest absolute Gasteiger partial charge is 0.359 e. The second-order valence-electron chi connectivity index (χ2n) is 2.65. The van der Waals surface area contributed by atoms with Crippen molar-refractivity contribution in [3.05, 3.63) is 17.5 Å². The number of hydrogen-bond acceptors (Lipinski definition) is 4. The predicted octanol–water partition coefficient (Wildman–Crippen LogP) is 0.231. The Labute approximate surface area is 86.8 Å². The summed E-state index contributed by atoms with van der Waals surface area (Å²) in [6.07, 6.45) is 1.59. The summed E-state index contributed by atoms with van der Waals surface area (Å²) in [5.74, 6) is -0.504. The summed E-state index contributed by atoms with van der Waals surface area (Å²) in [7, 11) is 1.69. The van der Waals surface area contributed by atoms with E-state index in [0.717, 1.165) is 0 Å². The number of esters is 1. The van der Waals surface area contributed by atoms with Gasteiger partial charge < -0.3 is 10.5 Å². The number of hydrogen-bond donors (Lipinski definition) is 1. The zero-order valence-electron chi connectivity index (χ0n) is 7.98. The molecule has 1 rings (SSSR count). The zero-order chi connectivity index (χ0) is 10.7. The van der Waals surface area contributed by atoms with Crippen LogP contribution in [0.25, 0.3) is 0 Å². The van der Waals surface area contributed by atoms with Crippen molar-refractivity contribution in [2.45, 2.75) is 6.92 Å². The van der Waals surface area contributed by atoms with E-state index in [4.69, 9.17) is 22.7 Å². The van der Waals surface area contributed by atoms with Gasteiger partial charge in [0, 0.05) is 13.2 Å². The third-order valence-corrected chi connectivity index (χ3v) is 1.78. The number of nitrogens with two attached hydrogens (primary N) is 1. The van der Waals surface area contributed by atoms with Gasteiger partial charge in [-0.3, -0.25) is 4.68 Å².